The molecule has 2 rings (SSSR count). The lowest BCUT2D eigenvalue weighted by Gasteiger charge is -1.91. The number of carbonyl (C=O) groups is 1. The standard InChI is InChI=1S/C7H7N5O2/c1-14-7(13)4-2-5-6(8)9-3-10-12(5)11-4/h2-3H,1H3,(H2,8,9,10). The van der Waals surface area contributed by atoms with Gasteiger partial charge in [0, 0.05) is 6.07 Å². The summed E-state index contributed by atoms with van der Waals surface area (Å²) in [5, 5.41) is 7.64. The summed E-state index contributed by atoms with van der Waals surface area (Å²) in [5.74, 6) is -0.266. The second-order valence-electron chi connectivity index (χ2n) is 2.54. The van der Waals surface area contributed by atoms with E-state index in [0.29, 0.717) is 5.52 Å². The molecule has 0 unspecified atom stereocenters. The molecule has 0 spiro atoms. The highest BCUT2D eigenvalue weighted by Gasteiger charge is 2.12. The third-order valence-corrected chi connectivity index (χ3v) is 1.71. The highest BCUT2D eigenvalue weighted by Crippen LogP contribution is 2.10. The maximum Gasteiger partial charge on any atom is 0.358 e. The molecule has 7 nitrogen and oxygen atoms in total. The van der Waals surface area contributed by atoms with Crippen LogP contribution in [0.25, 0.3) is 5.52 Å². The summed E-state index contributed by atoms with van der Waals surface area (Å²) in [6.07, 6.45) is 1.26. The molecule has 2 aromatic heterocycles. The van der Waals surface area contributed by atoms with E-state index in [9.17, 15) is 4.79 Å². The van der Waals surface area contributed by atoms with Crippen molar-refractivity contribution in [3.63, 3.8) is 0 Å². The fraction of sp³-hybridized carbons (Fsp3) is 0.143. The van der Waals surface area contributed by atoms with E-state index in [-0.39, 0.29) is 11.5 Å². The van der Waals surface area contributed by atoms with Gasteiger partial charge >= 0.3 is 5.97 Å². The highest BCUT2D eigenvalue weighted by molar-refractivity contribution is 5.89. The number of hydrogen-bond donors (Lipinski definition) is 1. The number of nitrogens with zero attached hydrogens (tertiary/aromatic N) is 4. The number of rotatable bonds is 1. The quantitative estimate of drug-likeness (QED) is 0.613. The Morgan fingerprint density at radius 2 is 2.43 bits per heavy atom. The van der Waals surface area contributed by atoms with E-state index < -0.39 is 5.97 Å². The first-order chi connectivity index (χ1) is 6.72. The van der Waals surface area contributed by atoms with Crippen molar-refractivity contribution >= 4 is 17.3 Å². The van der Waals surface area contributed by atoms with Crippen LogP contribution >= 0.6 is 0 Å². The second kappa shape index (κ2) is 2.95. The summed E-state index contributed by atoms with van der Waals surface area (Å²) < 4.78 is 5.73. The number of methoxy groups -OCH3 is 1. The lowest BCUT2D eigenvalue weighted by atomic mass is 10.4. The van der Waals surface area contributed by atoms with Crippen LogP contribution in [0.1, 0.15) is 10.5 Å². The fourth-order valence-electron chi connectivity index (χ4n) is 1.04. The van der Waals surface area contributed by atoms with Crippen molar-refractivity contribution in [2.75, 3.05) is 12.8 Å². The van der Waals surface area contributed by atoms with E-state index in [2.05, 4.69) is 19.9 Å². The topological polar surface area (TPSA) is 95.4 Å². The highest BCUT2D eigenvalue weighted by atomic mass is 16.5. The minimum Gasteiger partial charge on any atom is -0.464 e. The molecule has 2 aromatic rings. The van der Waals surface area contributed by atoms with Crippen LogP contribution < -0.4 is 5.73 Å². The third kappa shape index (κ3) is 1.15. The zero-order valence-corrected chi connectivity index (χ0v) is 7.34. The van der Waals surface area contributed by atoms with Gasteiger partial charge in [0.1, 0.15) is 11.8 Å². The van der Waals surface area contributed by atoms with Crippen molar-refractivity contribution in [2.45, 2.75) is 0 Å². The molecule has 0 aliphatic heterocycles. The normalized spacial score (nSPS) is 10.4. The van der Waals surface area contributed by atoms with Crippen LogP contribution in [0, 0.1) is 0 Å². The Bertz CT molecular complexity index is 492. The van der Waals surface area contributed by atoms with Crippen molar-refractivity contribution in [3.8, 4) is 0 Å². The minimum absolute atomic E-state index is 0.153. The van der Waals surface area contributed by atoms with Gasteiger partial charge in [-0.25, -0.2) is 9.78 Å². The molecule has 0 radical (unpaired) electrons. The average Bonchev–Trinajstić information content (AvgIpc) is 2.62. The first-order valence-electron chi connectivity index (χ1n) is 3.77. The molecular formula is C7H7N5O2. The SMILES string of the molecule is COC(=O)c1cc2c(N)ncnn2n1. The van der Waals surface area contributed by atoms with Gasteiger partial charge in [-0.15, -0.1) is 14.8 Å². The number of carbonyl (C=O) groups excluding carboxylic acids is 1. The summed E-state index contributed by atoms with van der Waals surface area (Å²) in [5.41, 5.74) is 6.18. The molecule has 0 fully saturated rings. The Hall–Kier alpha value is -2.18. The molecule has 0 saturated carbocycles. The zero-order valence-electron chi connectivity index (χ0n) is 7.34. The number of esters is 1. The van der Waals surface area contributed by atoms with Crippen molar-refractivity contribution in [1.29, 1.82) is 0 Å². The summed E-state index contributed by atoms with van der Waals surface area (Å²) in [6, 6.07) is 1.47. The van der Waals surface area contributed by atoms with E-state index >= 15 is 0 Å². The van der Waals surface area contributed by atoms with E-state index in [1.165, 1.54) is 24.1 Å². The van der Waals surface area contributed by atoms with Gasteiger partial charge < -0.3 is 10.5 Å². The predicted molar refractivity (Wildman–Crippen MR) is 46.5 cm³/mol. The number of anilines is 1. The number of nitrogen functional groups attached to an aromatic ring is 1. The van der Waals surface area contributed by atoms with Crippen molar-refractivity contribution < 1.29 is 9.53 Å². The summed E-state index contributed by atoms with van der Waals surface area (Å²) >= 11 is 0. The van der Waals surface area contributed by atoms with Crippen LogP contribution in [0.5, 0.6) is 0 Å². The van der Waals surface area contributed by atoms with E-state index in [0.717, 1.165) is 0 Å². The van der Waals surface area contributed by atoms with Crippen LogP contribution in [0.3, 0.4) is 0 Å². The smallest absolute Gasteiger partial charge is 0.358 e. The molecule has 2 N–H and O–H groups in total. The number of hydrogen-bond acceptors (Lipinski definition) is 6. The van der Waals surface area contributed by atoms with Gasteiger partial charge in [0.15, 0.2) is 11.5 Å². The molecule has 0 bridgehead atoms. The van der Waals surface area contributed by atoms with Gasteiger partial charge in [-0.05, 0) is 0 Å². The fourth-order valence-corrected chi connectivity index (χ4v) is 1.04. The van der Waals surface area contributed by atoms with E-state index in [4.69, 9.17) is 5.73 Å². The molecule has 72 valence electrons. The van der Waals surface area contributed by atoms with Crippen LogP contribution in [0.2, 0.25) is 0 Å². The molecule has 0 aliphatic carbocycles. The first-order valence-corrected chi connectivity index (χ1v) is 3.77. The number of aromatic nitrogens is 4. The van der Waals surface area contributed by atoms with Gasteiger partial charge in [0.05, 0.1) is 7.11 Å². The summed E-state index contributed by atoms with van der Waals surface area (Å²) in [6.45, 7) is 0. The van der Waals surface area contributed by atoms with E-state index in [1.54, 1.807) is 0 Å². The lowest BCUT2D eigenvalue weighted by Crippen LogP contribution is -2.03. The number of ether oxygens (including phenoxy) is 1. The molecule has 2 heterocycles. The first kappa shape index (κ1) is 8.42. The van der Waals surface area contributed by atoms with Gasteiger partial charge in [0.2, 0.25) is 0 Å². The van der Waals surface area contributed by atoms with Crippen LogP contribution in [-0.2, 0) is 4.74 Å². The Balaban J connectivity index is 2.62. The third-order valence-electron chi connectivity index (χ3n) is 1.71. The van der Waals surface area contributed by atoms with Crippen molar-refractivity contribution in [3.05, 3.63) is 18.1 Å². The minimum atomic E-state index is -0.532. The molecule has 0 atom stereocenters. The summed E-state index contributed by atoms with van der Waals surface area (Å²) in [4.78, 5) is 14.9. The predicted octanol–water partition coefficient (Wildman–Crippen LogP) is -0.507. The molecular weight excluding hydrogens is 186 g/mol. The van der Waals surface area contributed by atoms with Gasteiger partial charge in [-0.1, -0.05) is 0 Å². The van der Waals surface area contributed by atoms with Crippen LogP contribution in [-0.4, -0.2) is 32.9 Å². The molecule has 0 aromatic carbocycles. The Labute approximate surface area is 78.5 Å². The van der Waals surface area contributed by atoms with E-state index in [1.807, 2.05) is 0 Å². The van der Waals surface area contributed by atoms with Crippen LogP contribution in [0.4, 0.5) is 5.82 Å². The van der Waals surface area contributed by atoms with Gasteiger partial charge in [-0.3, -0.25) is 0 Å². The average molecular weight is 193 g/mol. The lowest BCUT2D eigenvalue weighted by molar-refractivity contribution is 0.0593. The molecule has 0 aliphatic rings. The van der Waals surface area contributed by atoms with Crippen LogP contribution in [0.15, 0.2) is 12.4 Å². The molecule has 7 heteroatoms. The molecule has 0 saturated heterocycles. The molecule has 0 amide bonds. The second-order valence-corrected chi connectivity index (χ2v) is 2.54. The Kier molecular flexibility index (Phi) is 1.77. The number of nitrogens with two attached hydrogens (primary N) is 1. The largest absolute Gasteiger partial charge is 0.464 e. The Morgan fingerprint density at radius 1 is 1.64 bits per heavy atom. The van der Waals surface area contributed by atoms with Gasteiger partial charge in [0.25, 0.3) is 0 Å². The monoisotopic (exact) mass is 193 g/mol. The molecule has 14 heavy (non-hydrogen) atoms. The van der Waals surface area contributed by atoms with Gasteiger partial charge in [-0.2, -0.15) is 0 Å². The summed E-state index contributed by atoms with van der Waals surface area (Å²) in [7, 11) is 1.28. The number of fused-ring (bicyclic) bond motifs is 1. The van der Waals surface area contributed by atoms with Crippen molar-refractivity contribution in [2.24, 2.45) is 0 Å². The van der Waals surface area contributed by atoms with Crippen molar-refractivity contribution in [1.82, 2.24) is 19.8 Å². The maximum absolute atomic E-state index is 11.1. The maximum atomic E-state index is 11.1. The zero-order chi connectivity index (χ0) is 10.1. The Morgan fingerprint density at radius 3 is 3.07 bits per heavy atom.